The fourth-order valence-corrected chi connectivity index (χ4v) is 3.42. The van der Waals surface area contributed by atoms with Gasteiger partial charge in [-0.25, -0.2) is 8.78 Å². The van der Waals surface area contributed by atoms with Crippen molar-refractivity contribution in [2.45, 2.75) is 31.0 Å². The summed E-state index contributed by atoms with van der Waals surface area (Å²) >= 11 is 0. The van der Waals surface area contributed by atoms with E-state index in [9.17, 15) is 13.6 Å². The highest BCUT2D eigenvalue weighted by Crippen LogP contribution is 2.37. The first-order valence-electron chi connectivity index (χ1n) is 7.47. The molecule has 0 bridgehead atoms. The second kappa shape index (κ2) is 5.93. The molecule has 0 aliphatic carbocycles. The highest BCUT2D eigenvalue weighted by molar-refractivity contribution is 5.94. The van der Waals surface area contributed by atoms with E-state index in [2.05, 4.69) is 0 Å². The van der Waals surface area contributed by atoms with Crippen LogP contribution in [0.5, 0.6) is 0 Å². The van der Waals surface area contributed by atoms with Crippen molar-refractivity contribution in [2.24, 2.45) is 0 Å². The molecule has 1 spiro atoms. The molecule has 4 nitrogen and oxygen atoms in total. The van der Waals surface area contributed by atoms with Crippen LogP contribution in [0, 0.1) is 11.6 Å². The van der Waals surface area contributed by atoms with E-state index in [1.807, 2.05) is 0 Å². The number of ether oxygens (including phenoxy) is 2. The highest BCUT2D eigenvalue weighted by atomic mass is 19.1. The molecule has 22 heavy (non-hydrogen) atoms. The molecule has 120 valence electrons. The van der Waals surface area contributed by atoms with Crippen molar-refractivity contribution in [3.05, 3.63) is 35.4 Å². The van der Waals surface area contributed by atoms with Crippen LogP contribution in [0.4, 0.5) is 8.78 Å². The Morgan fingerprint density at radius 2 is 2.23 bits per heavy atom. The standard InChI is InChI=1S/C16H19F2NO3/c1-21-14-10-19(7-6-16(14)5-2-8-22-16)15(20)12-9-11(17)3-4-13(12)18/h3-4,9,14H,2,5-8,10H2,1H3/t14-,16-/m0/s1. The third-order valence-electron chi connectivity index (χ3n) is 4.64. The van der Waals surface area contributed by atoms with E-state index in [1.54, 1.807) is 7.11 Å². The molecular weight excluding hydrogens is 292 g/mol. The van der Waals surface area contributed by atoms with Gasteiger partial charge >= 0.3 is 0 Å². The number of rotatable bonds is 2. The number of hydrogen-bond acceptors (Lipinski definition) is 3. The summed E-state index contributed by atoms with van der Waals surface area (Å²) in [7, 11) is 1.59. The highest BCUT2D eigenvalue weighted by Gasteiger charge is 2.47. The molecule has 0 saturated carbocycles. The predicted octanol–water partition coefficient (Wildman–Crippen LogP) is 2.37. The first kappa shape index (κ1) is 15.4. The molecule has 2 atom stereocenters. The number of piperidine rings is 1. The monoisotopic (exact) mass is 311 g/mol. The van der Waals surface area contributed by atoms with Crippen molar-refractivity contribution >= 4 is 5.91 Å². The lowest BCUT2D eigenvalue weighted by Crippen LogP contribution is -2.57. The van der Waals surface area contributed by atoms with Crippen LogP contribution >= 0.6 is 0 Å². The van der Waals surface area contributed by atoms with Crippen LogP contribution in [-0.4, -0.2) is 49.3 Å². The van der Waals surface area contributed by atoms with Gasteiger partial charge in [0.05, 0.1) is 11.2 Å². The minimum Gasteiger partial charge on any atom is -0.377 e. The van der Waals surface area contributed by atoms with Gasteiger partial charge in [-0.1, -0.05) is 0 Å². The third-order valence-corrected chi connectivity index (χ3v) is 4.64. The lowest BCUT2D eigenvalue weighted by atomic mass is 9.85. The van der Waals surface area contributed by atoms with Crippen LogP contribution < -0.4 is 0 Å². The average molecular weight is 311 g/mol. The summed E-state index contributed by atoms with van der Waals surface area (Å²) in [6, 6.07) is 2.92. The maximum absolute atomic E-state index is 13.8. The number of carbonyl (C=O) groups is 1. The van der Waals surface area contributed by atoms with E-state index in [0.717, 1.165) is 31.0 Å². The molecule has 6 heteroatoms. The van der Waals surface area contributed by atoms with Crippen molar-refractivity contribution < 1.29 is 23.0 Å². The van der Waals surface area contributed by atoms with Gasteiger partial charge in [0.15, 0.2) is 0 Å². The van der Waals surface area contributed by atoms with Crippen LogP contribution in [0.15, 0.2) is 18.2 Å². The Morgan fingerprint density at radius 3 is 2.91 bits per heavy atom. The second-order valence-electron chi connectivity index (χ2n) is 5.87. The molecule has 0 N–H and O–H groups in total. The molecule has 2 aliphatic heterocycles. The number of nitrogens with zero attached hydrogens (tertiary/aromatic N) is 1. The van der Waals surface area contributed by atoms with E-state index < -0.39 is 17.5 Å². The van der Waals surface area contributed by atoms with Crippen molar-refractivity contribution in [3.63, 3.8) is 0 Å². The maximum atomic E-state index is 13.8. The molecule has 2 heterocycles. The molecule has 0 radical (unpaired) electrons. The summed E-state index contributed by atoms with van der Waals surface area (Å²) in [4.78, 5) is 14.0. The molecule has 2 aliphatic rings. The molecule has 2 saturated heterocycles. The van der Waals surface area contributed by atoms with Gasteiger partial charge in [-0.3, -0.25) is 4.79 Å². The topological polar surface area (TPSA) is 38.8 Å². The van der Waals surface area contributed by atoms with Crippen LogP contribution in [0.1, 0.15) is 29.6 Å². The Bertz CT molecular complexity index is 573. The van der Waals surface area contributed by atoms with Gasteiger partial charge in [-0.05, 0) is 37.5 Å². The largest absolute Gasteiger partial charge is 0.377 e. The number of benzene rings is 1. The van der Waals surface area contributed by atoms with Gasteiger partial charge in [0.25, 0.3) is 5.91 Å². The van der Waals surface area contributed by atoms with Crippen LogP contribution in [0.25, 0.3) is 0 Å². The molecular formula is C16H19F2NO3. The lowest BCUT2D eigenvalue weighted by Gasteiger charge is -2.44. The SMILES string of the molecule is CO[C@H]1CN(C(=O)c2cc(F)ccc2F)CC[C@@]12CCCO2. The summed E-state index contributed by atoms with van der Waals surface area (Å²) in [5.41, 5.74) is -0.579. The summed E-state index contributed by atoms with van der Waals surface area (Å²) in [5, 5.41) is 0. The lowest BCUT2D eigenvalue weighted by molar-refractivity contribution is -0.136. The number of hydrogen-bond donors (Lipinski definition) is 0. The van der Waals surface area contributed by atoms with E-state index in [-0.39, 0.29) is 17.3 Å². The van der Waals surface area contributed by atoms with Crippen molar-refractivity contribution in [1.82, 2.24) is 4.90 Å². The Labute approximate surface area is 128 Å². The zero-order valence-electron chi connectivity index (χ0n) is 12.5. The molecule has 0 unspecified atom stereocenters. The average Bonchev–Trinajstić information content (AvgIpc) is 2.99. The van der Waals surface area contributed by atoms with E-state index in [4.69, 9.17) is 9.47 Å². The van der Waals surface area contributed by atoms with Crippen molar-refractivity contribution in [3.8, 4) is 0 Å². The van der Waals surface area contributed by atoms with Crippen molar-refractivity contribution in [1.29, 1.82) is 0 Å². The van der Waals surface area contributed by atoms with E-state index in [1.165, 1.54) is 4.90 Å². The van der Waals surface area contributed by atoms with Gasteiger partial charge in [0.1, 0.15) is 17.7 Å². The van der Waals surface area contributed by atoms with Gasteiger partial charge in [0.2, 0.25) is 0 Å². The molecule has 1 amide bonds. The van der Waals surface area contributed by atoms with E-state index in [0.29, 0.717) is 26.1 Å². The number of likely N-dealkylation sites (tertiary alicyclic amines) is 1. The summed E-state index contributed by atoms with van der Waals surface area (Å²) < 4.78 is 38.4. The smallest absolute Gasteiger partial charge is 0.257 e. The Hall–Kier alpha value is -1.53. The quantitative estimate of drug-likeness (QED) is 0.842. The maximum Gasteiger partial charge on any atom is 0.257 e. The Balaban J connectivity index is 1.79. The van der Waals surface area contributed by atoms with Gasteiger partial charge in [-0.15, -0.1) is 0 Å². The second-order valence-corrected chi connectivity index (χ2v) is 5.87. The van der Waals surface area contributed by atoms with Gasteiger partial charge in [-0.2, -0.15) is 0 Å². The number of carbonyl (C=O) groups excluding carboxylic acids is 1. The summed E-state index contributed by atoms with van der Waals surface area (Å²) in [6.45, 7) is 1.48. The van der Waals surface area contributed by atoms with Crippen molar-refractivity contribution in [2.75, 3.05) is 26.8 Å². The summed E-state index contributed by atoms with van der Waals surface area (Å²) in [6.07, 6.45) is 2.28. The first-order valence-corrected chi connectivity index (χ1v) is 7.47. The number of amides is 1. The Kier molecular flexibility index (Phi) is 4.14. The molecule has 1 aromatic carbocycles. The Morgan fingerprint density at radius 1 is 1.41 bits per heavy atom. The number of halogens is 2. The first-order chi connectivity index (χ1) is 10.6. The molecule has 0 aromatic heterocycles. The van der Waals surface area contributed by atoms with Crippen LogP contribution in [-0.2, 0) is 9.47 Å². The normalized spacial score (nSPS) is 28.3. The van der Waals surface area contributed by atoms with E-state index >= 15 is 0 Å². The summed E-state index contributed by atoms with van der Waals surface area (Å²) in [5.74, 6) is -1.84. The van der Waals surface area contributed by atoms with Gasteiger partial charge < -0.3 is 14.4 Å². The fourth-order valence-electron chi connectivity index (χ4n) is 3.42. The fraction of sp³-hybridized carbons (Fsp3) is 0.562. The zero-order valence-corrected chi connectivity index (χ0v) is 12.5. The molecule has 2 fully saturated rings. The number of methoxy groups -OCH3 is 1. The van der Waals surface area contributed by atoms with Crippen LogP contribution in [0.2, 0.25) is 0 Å². The minimum atomic E-state index is -0.710. The molecule has 1 aromatic rings. The zero-order chi connectivity index (χ0) is 15.7. The molecule has 3 rings (SSSR count). The minimum absolute atomic E-state index is 0.238. The van der Waals surface area contributed by atoms with Gasteiger partial charge in [0, 0.05) is 26.8 Å². The van der Waals surface area contributed by atoms with Crippen LogP contribution in [0.3, 0.4) is 0 Å². The predicted molar refractivity (Wildman–Crippen MR) is 75.6 cm³/mol. The third kappa shape index (κ3) is 2.61.